The minimum absolute atomic E-state index is 0.279. The molecule has 0 aliphatic rings. The predicted octanol–water partition coefficient (Wildman–Crippen LogP) is 4.09. The molecule has 0 aliphatic carbocycles. The molecule has 0 saturated carbocycles. The van der Waals surface area contributed by atoms with Crippen LogP contribution in [0, 0.1) is 18.3 Å². The number of nitriles is 1. The number of aromatic nitrogens is 1. The second-order valence-electron chi connectivity index (χ2n) is 5.88. The highest BCUT2D eigenvalue weighted by atomic mass is 35.5. The van der Waals surface area contributed by atoms with E-state index in [-0.39, 0.29) is 5.75 Å². The standard InChI is InChI=1S/C21H15ClN2O2S/c1-13-2-4-15(5-3-13)19-10-17(14-6-8-16(22)9-7-14)18(11-23)21(24-19)27-12-20(25)26/h2-10H,12H2,1H3,(H,25,26)/p-1. The molecule has 3 rings (SSSR count). The largest absolute Gasteiger partial charge is 0.549 e. The Morgan fingerprint density at radius 2 is 1.78 bits per heavy atom. The molecular formula is C21H14ClN2O2S-. The fourth-order valence-corrected chi connectivity index (χ4v) is 3.43. The number of hydrogen-bond donors (Lipinski definition) is 0. The van der Waals surface area contributed by atoms with Crippen LogP contribution in [0.2, 0.25) is 5.02 Å². The first-order chi connectivity index (χ1) is 13.0. The lowest BCUT2D eigenvalue weighted by Crippen LogP contribution is -2.24. The number of nitrogens with zero attached hydrogens (tertiary/aromatic N) is 2. The van der Waals surface area contributed by atoms with Crippen molar-refractivity contribution in [3.05, 3.63) is 70.7 Å². The summed E-state index contributed by atoms with van der Waals surface area (Å²) in [6, 6.07) is 19.0. The van der Waals surface area contributed by atoms with Crippen LogP contribution in [-0.2, 0) is 4.79 Å². The number of rotatable bonds is 5. The Labute approximate surface area is 166 Å². The van der Waals surface area contributed by atoms with Crippen LogP contribution in [0.15, 0.2) is 59.6 Å². The Morgan fingerprint density at radius 3 is 2.37 bits per heavy atom. The molecule has 0 radical (unpaired) electrons. The number of pyridine rings is 1. The molecule has 4 nitrogen and oxygen atoms in total. The first-order valence-corrected chi connectivity index (χ1v) is 9.45. The summed E-state index contributed by atoms with van der Waals surface area (Å²) in [7, 11) is 0. The molecule has 1 aromatic heterocycles. The molecule has 0 saturated heterocycles. The fraction of sp³-hybridized carbons (Fsp3) is 0.0952. The van der Waals surface area contributed by atoms with Gasteiger partial charge in [-0.2, -0.15) is 5.26 Å². The molecule has 0 fully saturated rings. The van der Waals surface area contributed by atoms with Crippen molar-refractivity contribution in [2.45, 2.75) is 11.9 Å². The van der Waals surface area contributed by atoms with Crippen LogP contribution >= 0.6 is 23.4 Å². The highest BCUT2D eigenvalue weighted by Gasteiger charge is 2.16. The van der Waals surface area contributed by atoms with Crippen molar-refractivity contribution >= 4 is 29.3 Å². The third-order valence-corrected chi connectivity index (χ3v) is 5.13. The lowest BCUT2D eigenvalue weighted by atomic mass is 9.99. The molecule has 3 aromatic rings. The maximum absolute atomic E-state index is 10.9. The Morgan fingerprint density at radius 1 is 1.15 bits per heavy atom. The molecule has 27 heavy (non-hydrogen) atoms. The molecule has 1 heterocycles. The Balaban J connectivity index is 2.20. The molecule has 6 heteroatoms. The third kappa shape index (κ3) is 4.48. The SMILES string of the molecule is Cc1ccc(-c2cc(-c3ccc(Cl)cc3)c(C#N)c(SCC(=O)[O-])n2)cc1. The van der Waals surface area contributed by atoms with Crippen molar-refractivity contribution in [1.29, 1.82) is 5.26 Å². The normalized spacial score (nSPS) is 10.4. The number of carbonyl (C=O) groups excluding carboxylic acids is 1. The molecule has 2 aromatic carbocycles. The second kappa shape index (κ2) is 8.26. The van der Waals surface area contributed by atoms with Gasteiger partial charge in [0.25, 0.3) is 0 Å². The van der Waals surface area contributed by atoms with Gasteiger partial charge in [-0.15, -0.1) is 0 Å². The molecule has 0 unspecified atom stereocenters. The van der Waals surface area contributed by atoms with Crippen molar-refractivity contribution in [2.75, 3.05) is 5.75 Å². The zero-order valence-corrected chi connectivity index (χ0v) is 16.0. The molecule has 0 N–H and O–H groups in total. The molecular weight excluding hydrogens is 380 g/mol. The summed E-state index contributed by atoms with van der Waals surface area (Å²) < 4.78 is 0. The van der Waals surface area contributed by atoms with Crippen LogP contribution in [0.3, 0.4) is 0 Å². The quantitative estimate of drug-likeness (QED) is 0.610. The molecule has 0 atom stereocenters. The van der Waals surface area contributed by atoms with Gasteiger partial charge in [0.05, 0.1) is 17.2 Å². The summed E-state index contributed by atoms with van der Waals surface area (Å²) in [5, 5.41) is 21.5. The highest BCUT2D eigenvalue weighted by molar-refractivity contribution is 7.99. The number of carbonyl (C=O) groups is 1. The summed E-state index contributed by atoms with van der Waals surface area (Å²) in [5.74, 6) is -1.49. The zero-order valence-electron chi connectivity index (χ0n) is 14.4. The summed E-state index contributed by atoms with van der Waals surface area (Å²) in [5.41, 5.74) is 4.49. The fourth-order valence-electron chi connectivity index (χ4n) is 2.59. The van der Waals surface area contributed by atoms with Gasteiger partial charge >= 0.3 is 0 Å². The minimum atomic E-state index is -1.21. The second-order valence-corrected chi connectivity index (χ2v) is 7.28. The van der Waals surface area contributed by atoms with Crippen LogP contribution in [0.1, 0.15) is 11.1 Å². The van der Waals surface area contributed by atoms with Gasteiger partial charge in [0.2, 0.25) is 0 Å². The molecule has 0 spiro atoms. The minimum Gasteiger partial charge on any atom is -0.549 e. The average molecular weight is 394 g/mol. The maximum Gasteiger partial charge on any atom is 0.116 e. The van der Waals surface area contributed by atoms with E-state index >= 15 is 0 Å². The maximum atomic E-state index is 10.9. The summed E-state index contributed by atoms with van der Waals surface area (Å²) in [6.45, 7) is 2.00. The number of carboxylic acid groups (broad SMARTS) is 1. The van der Waals surface area contributed by atoms with E-state index in [4.69, 9.17) is 11.6 Å². The first kappa shape index (κ1) is 19.0. The summed E-state index contributed by atoms with van der Waals surface area (Å²) >= 11 is 6.96. The van der Waals surface area contributed by atoms with E-state index in [0.29, 0.717) is 26.9 Å². The predicted molar refractivity (Wildman–Crippen MR) is 105 cm³/mol. The van der Waals surface area contributed by atoms with Crippen molar-refractivity contribution in [2.24, 2.45) is 0 Å². The van der Waals surface area contributed by atoms with E-state index in [9.17, 15) is 15.2 Å². The molecule has 0 aliphatic heterocycles. The van der Waals surface area contributed by atoms with Gasteiger partial charge in [0.1, 0.15) is 11.1 Å². The van der Waals surface area contributed by atoms with Gasteiger partial charge in [0.15, 0.2) is 0 Å². The highest BCUT2D eigenvalue weighted by Crippen LogP contribution is 2.34. The monoisotopic (exact) mass is 393 g/mol. The lowest BCUT2D eigenvalue weighted by Gasteiger charge is -2.13. The van der Waals surface area contributed by atoms with Crippen LogP contribution in [0.5, 0.6) is 0 Å². The van der Waals surface area contributed by atoms with Crippen LogP contribution in [-0.4, -0.2) is 16.7 Å². The lowest BCUT2D eigenvalue weighted by molar-refractivity contribution is -0.301. The zero-order chi connectivity index (χ0) is 19.4. The Hall–Kier alpha value is -2.81. The van der Waals surface area contributed by atoms with Gasteiger partial charge in [-0.25, -0.2) is 4.98 Å². The average Bonchev–Trinajstić information content (AvgIpc) is 2.66. The third-order valence-electron chi connectivity index (χ3n) is 3.93. The van der Waals surface area contributed by atoms with E-state index in [1.807, 2.05) is 49.4 Å². The van der Waals surface area contributed by atoms with Crippen LogP contribution in [0.25, 0.3) is 22.4 Å². The molecule has 134 valence electrons. The van der Waals surface area contributed by atoms with E-state index in [1.54, 1.807) is 12.1 Å². The molecule has 0 amide bonds. The van der Waals surface area contributed by atoms with E-state index in [1.165, 1.54) is 0 Å². The molecule has 0 bridgehead atoms. The topological polar surface area (TPSA) is 76.8 Å². The van der Waals surface area contributed by atoms with Crippen LogP contribution < -0.4 is 5.11 Å². The number of halogens is 1. The number of carboxylic acids is 1. The Bertz CT molecular complexity index is 1030. The van der Waals surface area contributed by atoms with Crippen molar-refractivity contribution < 1.29 is 9.90 Å². The number of thioether (sulfide) groups is 1. The number of aryl methyl sites for hydroxylation is 1. The number of benzene rings is 2. The van der Waals surface area contributed by atoms with Crippen LogP contribution in [0.4, 0.5) is 0 Å². The van der Waals surface area contributed by atoms with E-state index < -0.39 is 5.97 Å². The van der Waals surface area contributed by atoms with Gasteiger partial charge in [-0.3, -0.25) is 0 Å². The smallest absolute Gasteiger partial charge is 0.116 e. The first-order valence-electron chi connectivity index (χ1n) is 8.08. The Kier molecular flexibility index (Phi) is 5.80. The van der Waals surface area contributed by atoms with Gasteiger partial charge in [0, 0.05) is 21.9 Å². The van der Waals surface area contributed by atoms with E-state index in [2.05, 4.69) is 11.1 Å². The van der Waals surface area contributed by atoms with Crippen molar-refractivity contribution in [1.82, 2.24) is 4.98 Å². The summed E-state index contributed by atoms with van der Waals surface area (Å²) in [4.78, 5) is 15.4. The van der Waals surface area contributed by atoms with Crippen molar-refractivity contribution in [3.8, 4) is 28.5 Å². The van der Waals surface area contributed by atoms with Gasteiger partial charge < -0.3 is 9.90 Å². The number of hydrogen-bond acceptors (Lipinski definition) is 5. The van der Waals surface area contributed by atoms with Gasteiger partial charge in [-0.05, 0) is 30.7 Å². The summed E-state index contributed by atoms with van der Waals surface area (Å²) in [6.07, 6.45) is 0. The van der Waals surface area contributed by atoms with E-state index in [0.717, 1.165) is 28.5 Å². The van der Waals surface area contributed by atoms with Gasteiger partial charge in [-0.1, -0.05) is 65.3 Å². The number of aliphatic carboxylic acids is 1. The van der Waals surface area contributed by atoms with Crippen molar-refractivity contribution in [3.63, 3.8) is 0 Å².